The SMILES string of the molecule is C[C@H](NC(=O)COC(=O)[C@H](Sc1ccccc1)c1ccccc1)c1ccccc1. The van der Waals surface area contributed by atoms with Gasteiger partial charge in [0.1, 0.15) is 5.25 Å². The molecule has 4 nitrogen and oxygen atoms in total. The van der Waals surface area contributed by atoms with E-state index < -0.39 is 11.2 Å². The number of thioether (sulfide) groups is 1. The molecule has 0 spiro atoms. The van der Waals surface area contributed by atoms with Gasteiger partial charge >= 0.3 is 5.97 Å². The molecule has 0 bridgehead atoms. The zero-order valence-electron chi connectivity index (χ0n) is 16.2. The Kier molecular flexibility index (Phi) is 7.47. The van der Waals surface area contributed by atoms with Crippen LogP contribution in [0.4, 0.5) is 0 Å². The van der Waals surface area contributed by atoms with E-state index in [-0.39, 0.29) is 18.6 Å². The Bertz CT molecular complexity index is 917. The third-order valence-electron chi connectivity index (χ3n) is 4.34. The molecule has 0 fully saturated rings. The summed E-state index contributed by atoms with van der Waals surface area (Å²) in [7, 11) is 0. The van der Waals surface area contributed by atoms with Crippen molar-refractivity contribution in [3.63, 3.8) is 0 Å². The highest BCUT2D eigenvalue weighted by Crippen LogP contribution is 2.36. The van der Waals surface area contributed by atoms with Crippen LogP contribution in [0.5, 0.6) is 0 Å². The number of hydrogen-bond donors (Lipinski definition) is 1. The van der Waals surface area contributed by atoms with E-state index in [2.05, 4.69) is 5.32 Å². The molecule has 3 aromatic carbocycles. The van der Waals surface area contributed by atoms with Crippen LogP contribution in [0.1, 0.15) is 29.3 Å². The lowest BCUT2D eigenvalue weighted by Gasteiger charge is -2.17. The average Bonchev–Trinajstić information content (AvgIpc) is 2.77. The molecular formula is C24H23NO3S. The Labute approximate surface area is 175 Å². The van der Waals surface area contributed by atoms with Crippen LogP contribution in [-0.4, -0.2) is 18.5 Å². The number of nitrogens with one attached hydrogen (secondary N) is 1. The fourth-order valence-electron chi connectivity index (χ4n) is 2.84. The molecule has 3 rings (SSSR count). The van der Waals surface area contributed by atoms with Gasteiger partial charge in [-0.1, -0.05) is 78.9 Å². The number of ether oxygens (including phenoxy) is 1. The molecule has 1 N–H and O–H groups in total. The number of carbonyl (C=O) groups excluding carboxylic acids is 2. The number of esters is 1. The van der Waals surface area contributed by atoms with Crippen molar-refractivity contribution in [2.24, 2.45) is 0 Å². The van der Waals surface area contributed by atoms with Crippen LogP contribution in [-0.2, 0) is 14.3 Å². The van der Waals surface area contributed by atoms with E-state index in [0.717, 1.165) is 16.0 Å². The van der Waals surface area contributed by atoms with E-state index in [1.165, 1.54) is 11.8 Å². The predicted octanol–water partition coefficient (Wildman–Crippen LogP) is 4.94. The number of rotatable bonds is 8. The number of carbonyl (C=O) groups is 2. The molecule has 5 heteroatoms. The smallest absolute Gasteiger partial charge is 0.324 e. The third-order valence-corrected chi connectivity index (χ3v) is 5.58. The molecule has 0 unspecified atom stereocenters. The summed E-state index contributed by atoms with van der Waals surface area (Å²) in [5.41, 5.74) is 1.83. The Morgan fingerprint density at radius 3 is 1.93 bits per heavy atom. The molecule has 148 valence electrons. The van der Waals surface area contributed by atoms with E-state index in [9.17, 15) is 9.59 Å². The topological polar surface area (TPSA) is 55.4 Å². The van der Waals surface area contributed by atoms with Gasteiger partial charge < -0.3 is 10.1 Å². The van der Waals surface area contributed by atoms with Crippen molar-refractivity contribution in [2.45, 2.75) is 23.1 Å². The second-order valence-electron chi connectivity index (χ2n) is 6.53. The number of hydrogen-bond acceptors (Lipinski definition) is 4. The Morgan fingerprint density at radius 2 is 1.34 bits per heavy atom. The average molecular weight is 406 g/mol. The summed E-state index contributed by atoms with van der Waals surface area (Å²) < 4.78 is 5.36. The highest BCUT2D eigenvalue weighted by molar-refractivity contribution is 8.00. The first-order valence-electron chi connectivity index (χ1n) is 9.41. The van der Waals surface area contributed by atoms with Crippen LogP contribution in [0.3, 0.4) is 0 Å². The van der Waals surface area contributed by atoms with Gasteiger partial charge in [0.25, 0.3) is 5.91 Å². The molecule has 3 aromatic rings. The molecule has 0 aliphatic heterocycles. The van der Waals surface area contributed by atoms with E-state index in [1.807, 2.05) is 97.9 Å². The molecule has 0 heterocycles. The van der Waals surface area contributed by atoms with Gasteiger partial charge in [0.15, 0.2) is 6.61 Å². The van der Waals surface area contributed by atoms with Crippen molar-refractivity contribution in [1.82, 2.24) is 5.32 Å². The predicted molar refractivity (Wildman–Crippen MR) is 115 cm³/mol. The van der Waals surface area contributed by atoms with Gasteiger partial charge in [0.05, 0.1) is 6.04 Å². The minimum atomic E-state index is -0.544. The lowest BCUT2D eigenvalue weighted by atomic mass is 10.1. The largest absolute Gasteiger partial charge is 0.454 e. The molecule has 0 radical (unpaired) electrons. The standard InChI is InChI=1S/C24H23NO3S/c1-18(19-11-5-2-6-12-19)25-22(26)17-28-24(27)23(20-13-7-3-8-14-20)29-21-15-9-4-10-16-21/h2-16,18,23H,17H2,1H3,(H,25,26)/t18-,23+/m0/s1. The first-order valence-corrected chi connectivity index (χ1v) is 10.3. The quantitative estimate of drug-likeness (QED) is 0.426. The Balaban J connectivity index is 1.61. The summed E-state index contributed by atoms with van der Waals surface area (Å²) in [5.74, 6) is -0.765. The minimum absolute atomic E-state index is 0.161. The van der Waals surface area contributed by atoms with Gasteiger partial charge in [0.2, 0.25) is 0 Å². The van der Waals surface area contributed by atoms with Crippen molar-refractivity contribution < 1.29 is 14.3 Å². The van der Waals surface area contributed by atoms with Crippen LogP contribution >= 0.6 is 11.8 Å². The van der Waals surface area contributed by atoms with Crippen LogP contribution in [0.2, 0.25) is 0 Å². The summed E-state index contributed by atoms with van der Waals surface area (Å²) in [4.78, 5) is 26.0. The second-order valence-corrected chi connectivity index (χ2v) is 7.71. The highest BCUT2D eigenvalue weighted by Gasteiger charge is 2.24. The van der Waals surface area contributed by atoms with Gasteiger partial charge in [-0.25, -0.2) is 0 Å². The van der Waals surface area contributed by atoms with E-state index in [1.54, 1.807) is 0 Å². The summed E-state index contributed by atoms with van der Waals surface area (Å²) in [6, 6.07) is 28.6. The minimum Gasteiger partial charge on any atom is -0.454 e. The second kappa shape index (κ2) is 10.5. The first kappa shape index (κ1) is 20.7. The maximum Gasteiger partial charge on any atom is 0.324 e. The van der Waals surface area contributed by atoms with Crippen molar-refractivity contribution in [2.75, 3.05) is 6.61 Å². The number of benzene rings is 3. The van der Waals surface area contributed by atoms with Crippen molar-refractivity contribution in [3.05, 3.63) is 102 Å². The summed E-state index contributed by atoms with van der Waals surface area (Å²) in [6.45, 7) is 1.59. The zero-order valence-corrected chi connectivity index (χ0v) is 17.0. The van der Waals surface area contributed by atoms with Crippen molar-refractivity contribution >= 4 is 23.6 Å². The van der Waals surface area contributed by atoms with E-state index in [0.29, 0.717) is 0 Å². The van der Waals surface area contributed by atoms with Crippen LogP contribution < -0.4 is 5.32 Å². The van der Waals surface area contributed by atoms with Gasteiger partial charge in [-0.05, 0) is 30.2 Å². The summed E-state index contributed by atoms with van der Waals surface area (Å²) >= 11 is 1.41. The molecule has 29 heavy (non-hydrogen) atoms. The van der Waals surface area contributed by atoms with Crippen molar-refractivity contribution in [1.29, 1.82) is 0 Å². The van der Waals surface area contributed by atoms with E-state index >= 15 is 0 Å². The van der Waals surface area contributed by atoms with Gasteiger partial charge in [-0.2, -0.15) is 0 Å². The van der Waals surface area contributed by atoms with E-state index in [4.69, 9.17) is 4.74 Å². The highest BCUT2D eigenvalue weighted by atomic mass is 32.2. The zero-order chi connectivity index (χ0) is 20.5. The normalized spacial score (nSPS) is 12.6. The molecular weight excluding hydrogens is 382 g/mol. The Hall–Kier alpha value is -3.05. The lowest BCUT2D eigenvalue weighted by Crippen LogP contribution is -2.31. The maximum atomic E-state index is 12.8. The Morgan fingerprint density at radius 1 is 0.828 bits per heavy atom. The summed E-state index contributed by atoms with van der Waals surface area (Å²) in [5, 5.41) is 2.31. The fraction of sp³-hybridized carbons (Fsp3) is 0.167. The third kappa shape index (κ3) is 6.22. The van der Waals surface area contributed by atoms with Gasteiger partial charge in [-0.15, -0.1) is 11.8 Å². The van der Waals surface area contributed by atoms with Crippen LogP contribution in [0.25, 0.3) is 0 Å². The van der Waals surface area contributed by atoms with Gasteiger partial charge in [-0.3, -0.25) is 9.59 Å². The van der Waals surface area contributed by atoms with Crippen LogP contribution in [0.15, 0.2) is 95.9 Å². The monoisotopic (exact) mass is 405 g/mol. The fourth-order valence-corrected chi connectivity index (χ4v) is 3.88. The molecule has 0 aliphatic carbocycles. The molecule has 0 aliphatic rings. The van der Waals surface area contributed by atoms with Crippen molar-refractivity contribution in [3.8, 4) is 0 Å². The molecule has 0 saturated heterocycles. The molecule has 2 atom stereocenters. The van der Waals surface area contributed by atoms with Gasteiger partial charge in [0, 0.05) is 4.90 Å². The lowest BCUT2D eigenvalue weighted by molar-refractivity contribution is -0.148. The molecule has 0 saturated carbocycles. The maximum absolute atomic E-state index is 12.8. The van der Waals surface area contributed by atoms with Crippen LogP contribution in [0, 0.1) is 0 Å². The first-order chi connectivity index (χ1) is 14.1. The number of amides is 1. The molecule has 1 amide bonds. The molecule has 0 aromatic heterocycles. The summed E-state index contributed by atoms with van der Waals surface area (Å²) in [6.07, 6.45) is 0.